The number of ether oxygens (including phenoxy) is 1. The molecule has 1 rings (SSSR count). The number of benzene rings is 1. The molecule has 0 spiro atoms. The Morgan fingerprint density at radius 1 is 1.41 bits per heavy atom. The molecule has 2 atom stereocenters. The van der Waals surface area contributed by atoms with Crippen molar-refractivity contribution in [2.75, 3.05) is 13.7 Å². The number of para-hydroxylation sites is 1. The fourth-order valence-electron chi connectivity index (χ4n) is 1.79. The van der Waals surface area contributed by atoms with E-state index in [-0.39, 0.29) is 12.0 Å². The Bertz CT molecular complexity index is 384. The number of nitrogens with zero attached hydrogens (tertiary/aromatic N) is 1. The highest BCUT2D eigenvalue weighted by atomic mass is 16.5. The molecule has 0 bridgehead atoms. The summed E-state index contributed by atoms with van der Waals surface area (Å²) in [5, 5.41) is 12.2. The Morgan fingerprint density at radius 2 is 2.12 bits per heavy atom. The lowest BCUT2D eigenvalue weighted by Gasteiger charge is -2.20. The molecule has 0 radical (unpaired) electrons. The third-order valence-electron chi connectivity index (χ3n) is 2.81. The van der Waals surface area contributed by atoms with E-state index in [4.69, 9.17) is 10.00 Å². The van der Waals surface area contributed by atoms with Gasteiger partial charge in [-0.2, -0.15) is 5.26 Å². The summed E-state index contributed by atoms with van der Waals surface area (Å²) in [6.07, 6.45) is 0.971. The standard InChI is InChI=1S/C14H20N2O/c1-4-13(16-10-11(2)9-15)12-7-5-6-8-14(12)17-3/h5-8,11,13,16H,4,10H2,1-3H3. The first-order valence-corrected chi connectivity index (χ1v) is 5.98. The number of nitriles is 1. The second-order valence-corrected chi connectivity index (χ2v) is 4.14. The van der Waals surface area contributed by atoms with Crippen LogP contribution in [0.3, 0.4) is 0 Å². The Morgan fingerprint density at radius 3 is 2.71 bits per heavy atom. The summed E-state index contributed by atoms with van der Waals surface area (Å²) >= 11 is 0. The second kappa shape index (κ2) is 6.93. The third-order valence-corrected chi connectivity index (χ3v) is 2.81. The van der Waals surface area contributed by atoms with Crippen molar-refractivity contribution in [3.8, 4) is 11.8 Å². The van der Waals surface area contributed by atoms with Crippen molar-refractivity contribution >= 4 is 0 Å². The lowest BCUT2D eigenvalue weighted by Crippen LogP contribution is -2.25. The molecule has 0 heterocycles. The molecule has 2 unspecified atom stereocenters. The number of hydrogen-bond donors (Lipinski definition) is 1. The molecule has 1 aromatic carbocycles. The molecule has 0 aliphatic heterocycles. The highest BCUT2D eigenvalue weighted by molar-refractivity contribution is 5.35. The molecule has 0 saturated heterocycles. The summed E-state index contributed by atoms with van der Waals surface area (Å²) in [6.45, 7) is 4.75. The lowest BCUT2D eigenvalue weighted by atomic mass is 10.0. The molecule has 0 fully saturated rings. The van der Waals surface area contributed by atoms with Gasteiger partial charge in [0, 0.05) is 18.2 Å². The van der Waals surface area contributed by atoms with Crippen molar-refractivity contribution < 1.29 is 4.74 Å². The molecule has 0 aliphatic rings. The predicted octanol–water partition coefficient (Wildman–Crippen LogP) is 2.90. The summed E-state index contributed by atoms with van der Waals surface area (Å²) in [4.78, 5) is 0. The minimum absolute atomic E-state index is 0.0266. The highest BCUT2D eigenvalue weighted by Crippen LogP contribution is 2.26. The number of nitrogens with one attached hydrogen (secondary N) is 1. The van der Waals surface area contributed by atoms with Gasteiger partial charge in [-0.3, -0.25) is 0 Å². The smallest absolute Gasteiger partial charge is 0.123 e. The molecule has 3 heteroatoms. The normalized spacial score (nSPS) is 13.8. The topological polar surface area (TPSA) is 45.0 Å². The maximum atomic E-state index is 8.78. The zero-order valence-corrected chi connectivity index (χ0v) is 10.7. The van der Waals surface area contributed by atoms with E-state index in [1.807, 2.05) is 25.1 Å². The van der Waals surface area contributed by atoms with Gasteiger partial charge in [-0.15, -0.1) is 0 Å². The minimum Gasteiger partial charge on any atom is -0.496 e. The maximum Gasteiger partial charge on any atom is 0.123 e. The molecular weight excluding hydrogens is 212 g/mol. The molecule has 92 valence electrons. The summed E-state index contributed by atoms with van der Waals surface area (Å²) < 4.78 is 5.36. The van der Waals surface area contributed by atoms with Crippen molar-refractivity contribution in [3.63, 3.8) is 0 Å². The summed E-state index contributed by atoms with van der Waals surface area (Å²) in [5.74, 6) is 0.926. The zero-order chi connectivity index (χ0) is 12.7. The van der Waals surface area contributed by atoms with E-state index in [0.29, 0.717) is 6.54 Å². The largest absolute Gasteiger partial charge is 0.496 e. The molecule has 1 N–H and O–H groups in total. The maximum absolute atomic E-state index is 8.78. The molecule has 0 amide bonds. The fourth-order valence-corrected chi connectivity index (χ4v) is 1.79. The first kappa shape index (κ1) is 13.5. The van der Waals surface area contributed by atoms with Crippen LogP contribution in [0.15, 0.2) is 24.3 Å². The van der Waals surface area contributed by atoms with Crippen LogP contribution in [0.2, 0.25) is 0 Å². The van der Waals surface area contributed by atoms with Crippen LogP contribution in [0.1, 0.15) is 31.9 Å². The van der Waals surface area contributed by atoms with E-state index < -0.39 is 0 Å². The predicted molar refractivity (Wildman–Crippen MR) is 68.8 cm³/mol. The average Bonchev–Trinajstić information content (AvgIpc) is 2.39. The summed E-state index contributed by atoms with van der Waals surface area (Å²) in [7, 11) is 1.68. The monoisotopic (exact) mass is 232 g/mol. The van der Waals surface area contributed by atoms with Gasteiger partial charge in [0.1, 0.15) is 5.75 Å². The third kappa shape index (κ3) is 3.76. The fraction of sp³-hybridized carbons (Fsp3) is 0.500. The first-order chi connectivity index (χ1) is 8.22. The Kier molecular flexibility index (Phi) is 5.51. The van der Waals surface area contributed by atoms with Crippen molar-refractivity contribution in [2.45, 2.75) is 26.3 Å². The van der Waals surface area contributed by atoms with Crippen LogP contribution >= 0.6 is 0 Å². The van der Waals surface area contributed by atoms with Gasteiger partial charge in [0.15, 0.2) is 0 Å². The van der Waals surface area contributed by atoms with Gasteiger partial charge >= 0.3 is 0 Å². The minimum atomic E-state index is 0.0266. The van der Waals surface area contributed by atoms with Crippen LogP contribution in [0.4, 0.5) is 0 Å². The molecule has 0 saturated carbocycles. The average molecular weight is 232 g/mol. The van der Waals surface area contributed by atoms with Gasteiger partial charge in [-0.1, -0.05) is 25.1 Å². The molecule has 17 heavy (non-hydrogen) atoms. The molecule has 3 nitrogen and oxygen atoms in total. The lowest BCUT2D eigenvalue weighted by molar-refractivity contribution is 0.394. The summed E-state index contributed by atoms with van der Waals surface area (Å²) in [6, 6.07) is 10.5. The van der Waals surface area contributed by atoms with Crippen LogP contribution in [0.5, 0.6) is 5.75 Å². The van der Waals surface area contributed by atoms with Crippen LogP contribution in [-0.4, -0.2) is 13.7 Å². The van der Waals surface area contributed by atoms with Gasteiger partial charge in [0.2, 0.25) is 0 Å². The van der Waals surface area contributed by atoms with Crippen molar-refractivity contribution in [1.82, 2.24) is 5.32 Å². The highest BCUT2D eigenvalue weighted by Gasteiger charge is 2.14. The van der Waals surface area contributed by atoms with Crippen LogP contribution in [-0.2, 0) is 0 Å². The first-order valence-electron chi connectivity index (χ1n) is 5.98. The molecule has 1 aromatic rings. The Hall–Kier alpha value is -1.53. The zero-order valence-electron chi connectivity index (χ0n) is 10.7. The SMILES string of the molecule is CCC(NCC(C)C#N)c1ccccc1OC. The van der Waals surface area contributed by atoms with Gasteiger partial charge in [-0.05, 0) is 19.4 Å². The van der Waals surface area contributed by atoms with Crippen LogP contribution < -0.4 is 10.1 Å². The van der Waals surface area contributed by atoms with E-state index in [9.17, 15) is 0 Å². The van der Waals surface area contributed by atoms with Gasteiger partial charge < -0.3 is 10.1 Å². The van der Waals surface area contributed by atoms with E-state index in [1.165, 1.54) is 0 Å². The molecule has 0 aliphatic carbocycles. The second-order valence-electron chi connectivity index (χ2n) is 4.14. The van der Waals surface area contributed by atoms with Gasteiger partial charge in [-0.25, -0.2) is 0 Å². The van der Waals surface area contributed by atoms with Crippen LogP contribution in [0.25, 0.3) is 0 Å². The van der Waals surface area contributed by atoms with E-state index in [2.05, 4.69) is 24.4 Å². The quantitative estimate of drug-likeness (QED) is 0.820. The van der Waals surface area contributed by atoms with Crippen molar-refractivity contribution in [1.29, 1.82) is 5.26 Å². The number of methoxy groups -OCH3 is 1. The number of rotatable bonds is 6. The van der Waals surface area contributed by atoms with E-state index >= 15 is 0 Å². The van der Waals surface area contributed by atoms with E-state index in [0.717, 1.165) is 17.7 Å². The van der Waals surface area contributed by atoms with E-state index in [1.54, 1.807) is 7.11 Å². The van der Waals surface area contributed by atoms with Gasteiger partial charge in [0.25, 0.3) is 0 Å². The number of hydrogen-bond acceptors (Lipinski definition) is 3. The van der Waals surface area contributed by atoms with Crippen LogP contribution in [0, 0.1) is 17.2 Å². The Balaban J connectivity index is 2.76. The molecular formula is C14H20N2O. The van der Waals surface area contributed by atoms with Crippen molar-refractivity contribution in [3.05, 3.63) is 29.8 Å². The Labute approximate surface area is 103 Å². The van der Waals surface area contributed by atoms with Gasteiger partial charge in [0.05, 0.1) is 19.1 Å². The summed E-state index contributed by atoms with van der Waals surface area (Å²) in [5.41, 5.74) is 1.16. The molecule has 0 aromatic heterocycles. The van der Waals surface area contributed by atoms with Crippen molar-refractivity contribution in [2.24, 2.45) is 5.92 Å².